The minimum atomic E-state index is -1.24. The van der Waals surface area contributed by atoms with Crippen molar-refractivity contribution in [3.63, 3.8) is 0 Å². The van der Waals surface area contributed by atoms with Crippen LogP contribution in [-0.2, 0) is 9.53 Å². The van der Waals surface area contributed by atoms with E-state index in [-0.39, 0.29) is 6.61 Å². The number of alkyl halides is 2. The van der Waals surface area contributed by atoms with E-state index in [1.807, 2.05) is 0 Å². The highest BCUT2D eigenvalue weighted by atomic mass is 35.5. The second kappa shape index (κ2) is 4.26. The number of carbonyl (C=O) groups is 1. The molecule has 2 unspecified atom stereocenters. The van der Waals surface area contributed by atoms with Gasteiger partial charge in [-0.05, 0) is 12.2 Å². The van der Waals surface area contributed by atoms with Crippen molar-refractivity contribution in [3.05, 3.63) is 24.0 Å². The number of aldehydes is 1. The zero-order valence-corrected chi connectivity index (χ0v) is 7.00. The first-order chi connectivity index (χ1) is 5.74. The van der Waals surface area contributed by atoms with E-state index in [1.54, 1.807) is 6.08 Å². The van der Waals surface area contributed by atoms with Gasteiger partial charge in [-0.3, -0.25) is 4.79 Å². The lowest BCUT2D eigenvalue weighted by atomic mass is 10.1. The van der Waals surface area contributed by atoms with Gasteiger partial charge in [-0.15, -0.1) is 11.6 Å². The molecule has 0 fully saturated rings. The predicted molar refractivity (Wildman–Crippen MR) is 43.8 cm³/mol. The van der Waals surface area contributed by atoms with Crippen LogP contribution in [0.5, 0.6) is 0 Å². The quantitative estimate of drug-likeness (QED) is 0.499. The fourth-order valence-electron chi connectivity index (χ4n) is 0.824. The Hall–Kier alpha value is -0.830. The average Bonchev–Trinajstić information content (AvgIpc) is 2.07. The normalized spacial score (nSPS) is 28.0. The summed E-state index contributed by atoms with van der Waals surface area (Å²) in [7, 11) is 0. The molecule has 0 bridgehead atoms. The summed E-state index contributed by atoms with van der Waals surface area (Å²) in [5, 5.41) is -0.631. The molecule has 0 saturated heterocycles. The van der Waals surface area contributed by atoms with Gasteiger partial charge in [0.05, 0.1) is 5.38 Å². The largest absolute Gasteiger partial charge is 0.486 e. The van der Waals surface area contributed by atoms with Crippen molar-refractivity contribution in [3.8, 4) is 0 Å². The van der Waals surface area contributed by atoms with Gasteiger partial charge in [0.15, 0.2) is 6.29 Å². The lowest BCUT2D eigenvalue weighted by Gasteiger charge is -2.13. The van der Waals surface area contributed by atoms with Gasteiger partial charge in [-0.1, -0.05) is 6.08 Å². The number of allylic oxidation sites excluding steroid dienone is 3. The maximum absolute atomic E-state index is 12.8. The first-order valence-corrected chi connectivity index (χ1v) is 3.92. The minimum absolute atomic E-state index is 0.0597. The summed E-state index contributed by atoms with van der Waals surface area (Å²) in [5.41, 5.74) is 0. The van der Waals surface area contributed by atoms with Crippen molar-refractivity contribution in [1.29, 1.82) is 0 Å². The Kier molecular flexibility index (Phi) is 3.29. The van der Waals surface area contributed by atoms with Crippen LogP contribution in [0.25, 0.3) is 0 Å². The van der Waals surface area contributed by atoms with E-state index in [0.29, 0.717) is 12.0 Å². The Bertz CT molecular complexity index is 225. The zero-order chi connectivity index (χ0) is 8.97. The summed E-state index contributed by atoms with van der Waals surface area (Å²) >= 11 is 5.53. The lowest BCUT2D eigenvalue weighted by Crippen LogP contribution is -2.15. The van der Waals surface area contributed by atoms with E-state index < -0.39 is 11.5 Å². The highest BCUT2D eigenvalue weighted by Gasteiger charge is 2.17. The molecule has 0 aliphatic heterocycles. The molecule has 12 heavy (non-hydrogen) atoms. The molecule has 0 aromatic heterocycles. The molecule has 1 rings (SSSR count). The second-order valence-electron chi connectivity index (χ2n) is 2.29. The van der Waals surface area contributed by atoms with Crippen LogP contribution in [-0.4, -0.2) is 24.4 Å². The molecule has 2 nitrogen and oxygen atoms in total. The Morgan fingerprint density at radius 2 is 2.50 bits per heavy atom. The van der Waals surface area contributed by atoms with E-state index in [4.69, 9.17) is 16.3 Å². The van der Waals surface area contributed by atoms with Crippen molar-refractivity contribution >= 4 is 17.9 Å². The number of carbonyl (C=O) groups excluding carboxylic acids is 1. The van der Waals surface area contributed by atoms with Gasteiger partial charge < -0.3 is 4.74 Å². The fraction of sp³-hybridized carbons (Fsp3) is 0.375. The van der Waals surface area contributed by atoms with Crippen molar-refractivity contribution in [2.24, 2.45) is 0 Å². The number of halogens is 2. The molecule has 4 heteroatoms. The van der Waals surface area contributed by atoms with Crippen molar-refractivity contribution in [2.75, 3.05) is 6.61 Å². The first-order valence-electron chi connectivity index (χ1n) is 3.48. The van der Waals surface area contributed by atoms with Crippen LogP contribution in [0.1, 0.15) is 0 Å². The first kappa shape index (κ1) is 9.26. The SMILES string of the molecule is O=CCOC1=CC(F)C(Cl)C=C1. The molecule has 1 aliphatic rings. The van der Waals surface area contributed by atoms with E-state index >= 15 is 0 Å². The molecule has 66 valence electrons. The highest BCUT2D eigenvalue weighted by molar-refractivity contribution is 6.22. The number of hydrogen-bond acceptors (Lipinski definition) is 2. The molecule has 0 spiro atoms. The number of rotatable bonds is 3. The molecule has 0 heterocycles. The fourth-order valence-corrected chi connectivity index (χ4v) is 0.969. The van der Waals surface area contributed by atoms with Gasteiger partial charge in [0.2, 0.25) is 0 Å². The third-order valence-corrected chi connectivity index (χ3v) is 1.78. The summed E-state index contributed by atoms with van der Waals surface area (Å²) < 4.78 is 17.7. The Morgan fingerprint density at radius 3 is 3.08 bits per heavy atom. The lowest BCUT2D eigenvalue weighted by molar-refractivity contribution is -0.110. The van der Waals surface area contributed by atoms with Crippen LogP contribution in [0.3, 0.4) is 0 Å². The molecule has 1 aliphatic carbocycles. The van der Waals surface area contributed by atoms with E-state index in [2.05, 4.69) is 0 Å². The third-order valence-electron chi connectivity index (χ3n) is 1.39. The van der Waals surface area contributed by atoms with E-state index in [0.717, 1.165) is 0 Å². The van der Waals surface area contributed by atoms with Crippen molar-refractivity contribution in [2.45, 2.75) is 11.5 Å². The van der Waals surface area contributed by atoms with Crippen LogP contribution in [0.15, 0.2) is 24.0 Å². The van der Waals surface area contributed by atoms with Crippen LogP contribution in [0, 0.1) is 0 Å². The van der Waals surface area contributed by atoms with Crippen LogP contribution < -0.4 is 0 Å². The Labute approximate surface area is 74.7 Å². The molecule has 0 amide bonds. The van der Waals surface area contributed by atoms with Crippen LogP contribution in [0.2, 0.25) is 0 Å². The zero-order valence-electron chi connectivity index (χ0n) is 6.24. The average molecular weight is 191 g/mol. The van der Waals surface area contributed by atoms with Gasteiger partial charge >= 0.3 is 0 Å². The molecule has 0 aromatic carbocycles. The smallest absolute Gasteiger partial charge is 0.157 e. The molecular weight excluding hydrogens is 183 g/mol. The van der Waals surface area contributed by atoms with Gasteiger partial charge in [0.25, 0.3) is 0 Å². The molecule has 2 atom stereocenters. The number of ether oxygens (including phenoxy) is 1. The van der Waals surface area contributed by atoms with Gasteiger partial charge in [0, 0.05) is 0 Å². The number of hydrogen-bond donors (Lipinski definition) is 0. The van der Waals surface area contributed by atoms with Gasteiger partial charge in [-0.2, -0.15) is 0 Å². The molecule has 0 radical (unpaired) electrons. The standard InChI is InChI=1S/C8H8ClFO2/c9-7-2-1-6(5-8(7)10)12-4-3-11/h1-3,5,7-8H,4H2. The topological polar surface area (TPSA) is 26.3 Å². The second-order valence-corrected chi connectivity index (χ2v) is 2.80. The van der Waals surface area contributed by atoms with Gasteiger partial charge in [-0.25, -0.2) is 4.39 Å². The maximum Gasteiger partial charge on any atom is 0.157 e. The summed E-state index contributed by atoms with van der Waals surface area (Å²) in [6.45, 7) is -0.0597. The van der Waals surface area contributed by atoms with Crippen molar-refractivity contribution < 1.29 is 13.9 Å². The highest BCUT2D eigenvalue weighted by Crippen LogP contribution is 2.18. The maximum atomic E-state index is 12.8. The van der Waals surface area contributed by atoms with Gasteiger partial charge in [0.1, 0.15) is 18.5 Å². The molecular formula is C8H8ClFO2. The summed E-state index contributed by atoms with van der Waals surface area (Å²) in [4.78, 5) is 9.90. The van der Waals surface area contributed by atoms with Crippen molar-refractivity contribution in [1.82, 2.24) is 0 Å². The third kappa shape index (κ3) is 2.34. The predicted octanol–water partition coefficient (Wildman–Crippen LogP) is 1.60. The summed E-state index contributed by atoms with van der Waals surface area (Å²) in [6.07, 6.45) is 3.66. The van der Waals surface area contributed by atoms with E-state index in [1.165, 1.54) is 12.2 Å². The Balaban J connectivity index is 2.51. The van der Waals surface area contributed by atoms with Crippen LogP contribution in [0.4, 0.5) is 4.39 Å². The Morgan fingerprint density at radius 1 is 1.75 bits per heavy atom. The monoisotopic (exact) mass is 190 g/mol. The van der Waals surface area contributed by atoms with E-state index in [9.17, 15) is 9.18 Å². The molecule has 0 saturated carbocycles. The van der Waals surface area contributed by atoms with Crippen LogP contribution >= 0.6 is 11.6 Å². The minimum Gasteiger partial charge on any atom is -0.486 e. The summed E-state index contributed by atoms with van der Waals surface area (Å²) in [5.74, 6) is 0.353. The summed E-state index contributed by atoms with van der Waals surface area (Å²) in [6, 6.07) is 0. The molecule has 0 aromatic rings. The molecule has 0 N–H and O–H groups in total.